The van der Waals surface area contributed by atoms with Crippen molar-refractivity contribution >= 4 is 42.1 Å². The molecule has 0 spiro atoms. The first kappa shape index (κ1) is 17.9. The van der Waals surface area contributed by atoms with Gasteiger partial charge in [-0.2, -0.15) is 18.3 Å². The van der Waals surface area contributed by atoms with Gasteiger partial charge in [-0.3, -0.25) is 0 Å². The van der Waals surface area contributed by atoms with Crippen LogP contribution in [0.15, 0.2) is 30.6 Å². The molecule has 0 amide bonds. The van der Waals surface area contributed by atoms with E-state index in [2.05, 4.69) is 5.10 Å². The van der Waals surface area contributed by atoms with Crippen LogP contribution in [0.1, 0.15) is 5.56 Å². The number of hydrogen-bond acceptors (Lipinski definition) is 2. The van der Waals surface area contributed by atoms with Gasteiger partial charge in [0.25, 0.3) is 0 Å². The highest BCUT2D eigenvalue weighted by molar-refractivity contribution is 6.30. The first-order chi connectivity index (χ1) is 7.88. The van der Waals surface area contributed by atoms with Crippen LogP contribution in [0.4, 0.5) is 18.9 Å². The zero-order chi connectivity index (χ0) is 12.6. The second kappa shape index (κ2) is 6.36. The fraction of sp³-hybridized carbons (Fsp3) is 0.100. The van der Waals surface area contributed by atoms with Crippen molar-refractivity contribution in [1.29, 1.82) is 0 Å². The molecule has 0 saturated heterocycles. The molecule has 1 aromatic carbocycles. The molecule has 0 unspecified atom stereocenters. The highest BCUT2D eigenvalue weighted by atomic mass is 35.5. The summed E-state index contributed by atoms with van der Waals surface area (Å²) in [5.74, 6) is 0. The predicted molar refractivity (Wildman–Crippen MR) is 72.5 cm³/mol. The summed E-state index contributed by atoms with van der Waals surface area (Å²) in [7, 11) is 0. The van der Waals surface area contributed by atoms with Crippen molar-refractivity contribution in [2.24, 2.45) is 0 Å². The molecule has 0 bridgehead atoms. The molecule has 106 valence electrons. The largest absolute Gasteiger partial charge is 0.416 e. The molecule has 2 N–H and O–H groups in total. The molecule has 9 heteroatoms. The van der Waals surface area contributed by atoms with Crippen molar-refractivity contribution in [2.45, 2.75) is 6.18 Å². The molecule has 1 heterocycles. The Morgan fingerprint density at radius 3 is 2.26 bits per heavy atom. The van der Waals surface area contributed by atoms with Gasteiger partial charge in [-0.05, 0) is 18.2 Å². The number of alkyl halides is 3. The Balaban J connectivity index is 0.00000162. The SMILES string of the molecule is Cl.Cl.Nc1cc(C(F)(F)F)ccc1-n1cc(Cl)cn1. The molecular formula is C10H9Cl3F3N3. The monoisotopic (exact) mass is 333 g/mol. The summed E-state index contributed by atoms with van der Waals surface area (Å²) < 4.78 is 38.5. The molecule has 19 heavy (non-hydrogen) atoms. The Morgan fingerprint density at radius 1 is 1.21 bits per heavy atom. The Labute approximate surface area is 124 Å². The van der Waals surface area contributed by atoms with E-state index in [-0.39, 0.29) is 30.5 Å². The maximum atomic E-state index is 12.4. The van der Waals surface area contributed by atoms with Crippen LogP contribution in [-0.4, -0.2) is 9.78 Å². The fourth-order valence-corrected chi connectivity index (χ4v) is 1.51. The molecule has 0 aliphatic carbocycles. The number of nitrogen functional groups attached to an aromatic ring is 1. The first-order valence-corrected chi connectivity index (χ1v) is 4.93. The summed E-state index contributed by atoms with van der Waals surface area (Å²) in [6.45, 7) is 0. The third-order valence-corrected chi connectivity index (χ3v) is 2.35. The molecule has 0 radical (unpaired) electrons. The smallest absolute Gasteiger partial charge is 0.397 e. The van der Waals surface area contributed by atoms with Crippen LogP contribution < -0.4 is 5.73 Å². The van der Waals surface area contributed by atoms with E-state index in [1.165, 1.54) is 23.1 Å². The standard InChI is InChI=1S/C10H7ClF3N3.2ClH/c11-7-4-16-17(5-7)9-2-1-6(3-8(9)15)10(12,13)14;;/h1-5H,15H2;2*1H. The van der Waals surface area contributed by atoms with Crippen molar-refractivity contribution in [1.82, 2.24) is 9.78 Å². The Hall–Kier alpha value is -1.11. The number of nitrogens with zero attached hydrogens (tertiary/aromatic N) is 2. The molecule has 1 aromatic heterocycles. The van der Waals surface area contributed by atoms with Gasteiger partial charge < -0.3 is 5.73 Å². The average molecular weight is 335 g/mol. The van der Waals surface area contributed by atoms with Crippen LogP contribution in [0.3, 0.4) is 0 Å². The van der Waals surface area contributed by atoms with Gasteiger partial charge >= 0.3 is 6.18 Å². The topological polar surface area (TPSA) is 43.8 Å². The van der Waals surface area contributed by atoms with Crippen LogP contribution in [-0.2, 0) is 6.18 Å². The number of hydrogen-bond donors (Lipinski definition) is 1. The van der Waals surface area contributed by atoms with Gasteiger partial charge in [0.15, 0.2) is 0 Å². The van der Waals surface area contributed by atoms with Crippen LogP contribution in [0.5, 0.6) is 0 Å². The summed E-state index contributed by atoms with van der Waals surface area (Å²) >= 11 is 5.66. The molecule has 0 aliphatic rings. The summed E-state index contributed by atoms with van der Waals surface area (Å²) in [6.07, 6.45) is -1.58. The van der Waals surface area contributed by atoms with Crippen molar-refractivity contribution in [3.63, 3.8) is 0 Å². The molecular weight excluding hydrogens is 325 g/mol. The number of nitrogens with two attached hydrogens (primary N) is 1. The third kappa shape index (κ3) is 3.92. The maximum absolute atomic E-state index is 12.4. The lowest BCUT2D eigenvalue weighted by molar-refractivity contribution is -0.137. The number of halogens is 6. The second-order valence-corrected chi connectivity index (χ2v) is 3.81. The van der Waals surface area contributed by atoms with Gasteiger partial charge in [-0.1, -0.05) is 11.6 Å². The van der Waals surface area contributed by atoms with Crippen molar-refractivity contribution < 1.29 is 13.2 Å². The van der Waals surface area contributed by atoms with Gasteiger partial charge in [-0.15, -0.1) is 24.8 Å². The van der Waals surface area contributed by atoms with E-state index in [1.807, 2.05) is 0 Å². The van der Waals surface area contributed by atoms with Crippen LogP contribution in [0, 0.1) is 0 Å². The number of benzene rings is 1. The number of rotatable bonds is 1. The van der Waals surface area contributed by atoms with E-state index >= 15 is 0 Å². The van der Waals surface area contributed by atoms with Crippen LogP contribution in [0.25, 0.3) is 5.69 Å². The molecule has 2 aromatic rings. The van der Waals surface area contributed by atoms with E-state index in [9.17, 15) is 13.2 Å². The van der Waals surface area contributed by atoms with E-state index in [0.717, 1.165) is 12.1 Å². The van der Waals surface area contributed by atoms with Crippen LogP contribution >= 0.6 is 36.4 Å². The lowest BCUT2D eigenvalue weighted by atomic mass is 10.1. The van der Waals surface area contributed by atoms with Gasteiger partial charge in [0.2, 0.25) is 0 Å². The minimum absolute atomic E-state index is 0. The molecule has 3 nitrogen and oxygen atoms in total. The van der Waals surface area contributed by atoms with Gasteiger partial charge in [-0.25, -0.2) is 4.68 Å². The average Bonchev–Trinajstić information content (AvgIpc) is 2.63. The summed E-state index contributed by atoms with van der Waals surface area (Å²) in [4.78, 5) is 0. The quantitative estimate of drug-likeness (QED) is 0.802. The highest BCUT2D eigenvalue weighted by Crippen LogP contribution is 2.32. The minimum Gasteiger partial charge on any atom is -0.397 e. The Bertz CT molecular complexity index is 554. The summed E-state index contributed by atoms with van der Waals surface area (Å²) in [5.41, 5.74) is 5.10. The van der Waals surface area contributed by atoms with Crippen LogP contribution in [0.2, 0.25) is 5.02 Å². The van der Waals surface area contributed by atoms with E-state index in [1.54, 1.807) is 0 Å². The Kier molecular flexibility index (Phi) is 5.99. The van der Waals surface area contributed by atoms with Gasteiger partial charge in [0, 0.05) is 6.20 Å². The number of aromatic nitrogens is 2. The summed E-state index contributed by atoms with van der Waals surface area (Å²) in [5, 5.41) is 4.24. The highest BCUT2D eigenvalue weighted by Gasteiger charge is 2.30. The minimum atomic E-state index is -4.41. The summed E-state index contributed by atoms with van der Waals surface area (Å²) in [6, 6.07) is 3.06. The van der Waals surface area contributed by atoms with E-state index in [0.29, 0.717) is 10.7 Å². The van der Waals surface area contributed by atoms with Gasteiger partial charge in [0.05, 0.1) is 28.2 Å². The molecule has 2 rings (SSSR count). The molecule has 0 saturated carbocycles. The van der Waals surface area contributed by atoms with Crippen molar-refractivity contribution in [3.05, 3.63) is 41.2 Å². The second-order valence-electron chi connectivity index (χ2n) is 3.37. The zero-order valence-electron chi connectivity index (χ0n) is 9.19. The maximum Gasteiger partial charge on any atom is 0.416 e. The van der Waals surface area contributed by atoms with E-state index in [4.69, 9.17) is 17.3 Å². The molecule has 0 fully saturated rings. The first-order valence-electron chi connectivity index (χ1n) is 4.55. The number of anilines is 1. The zero-order valence-corrected chi connectivity index (χ0v) is 11.6. The Morgan fingerprint density at radius 2 is 1.84 bits per heavy atom. The van der Waals surface area contributed by atoms with Gasteiger partial charge in [0.1, 0.15) is 0 Å². The lowest BCUT2D eigenvalue weighted by Crippen LogP contribution is -2.07. The third-order valence-electron chi connectivity index (χ3n) is 2.15. The van der Waals surface area contributed by atoms with E-state index < -0.39 is 11.7 Å². The van der Waals surface area contributed by atoms with Crippen molar-refractivity contribution in [3.8, 4) is 5.69 Å². The molecule has 0 atom stereocenters. The lowest BCUT2D eigenvalue weighted by Gasteiger charge is -2.10. The normalized spacial score (nSPS) is 10.5. The predicted octanol–water partition coefficient (Wildman–Crippen LogP) is 3.97. The molecule has 0 aliphatic heterocycles. The fourth-order valence-electron chi connectivity index (χ4n) is 1.37. The van der Waals surface area contributed by atoms with Crippen molar-refractivity contribution in [2.75, 3.05) is 5.73 Å².